The van der Waals surface area contributed by atoms with Crippen LogP contribution >= 0.6 is 0 Å². The van der Waals surface area contributed by atoms with Gasteiger partial charge < -0.3 is 19.3 Å². The lowest BCUT2D eigenvalue weighted by Gasteiger charge is -2.16. The van der Waals surface area contributed by atoms with Gasteiger partial charge in [-0.1, -0.05) is 32.9 Å². The Morgan fingerprint density at radius 3 is 2.38 bits per heavy atom. The molecule has 1 aromatic heterocycles. The zero-order valence-corrected chi connectivity index (χ0v) is 14.8. The molecule has 0 spiro atoms. The van der Waals surface area contributed by atoms with Crippen molar-refractivity contribution in [1.82, 2.24) is 5.16 Å². The van der Waals surface area contributed by atoms with Crippen LogP contribution in [-0.2, 0) is 10.2 Å². The molecule has 0 aliphatic heterocycles. The summed E-state index contributed by atoms with van der Waals surface area (Å²) in [6.07, 6.45) is -0.0878. The van der Waals surface area contributed by atoms with E-state index in [1.807, 2.05) is 27.7 Å². The molecule has 1 heterocycles. The van der Waals surface area contributed by atoms with Crippen LogP contribution in [0.2, 0.25) is 0 Å². The van der Waals surface area contributed by atoms with Crippen LogP contribution in [-0.4, -0.2) is 24.3 Å². The van der Waals surface area contributed by atoms with E-state index in [-0.39, 0.29) is 11.3 Å². The molecule has 1 aromatic carbocycles. The van der Waals surface area contributed by atoms with Crippen molar-refractivity contribution in [3.63, 3.8) is 0 Å². The standard InChI is InChI=1S/C18H24N2O4/c1-6-14(23-13-9-7-12(22-5)8-10-13)17(21)19-16-11-15(24-20-16)18(2,3)4/h7-11,14H,6H2,1-5H3,(H,19,20,21). The molecule has 1 amide bonds. The normalized spacial score (nSPS) is 12.5. The highest BCUT2D eigenvalue weighted by Gasteiger charge is 2.23. The smallest absolute Gasteiger partial charge is 0.266 e. The quantitative estimate of drug-likeness (QED) is 0.871. The fourth-order valence-corrected chi connectivity index (χ4v) is 2.04. The third-order valence-electron chi connectivity index (χ3n) is 3.50. The Hall–Kier alpha value is -2.50. The summed E-state index contributed by atoms with van der Waals surface area (Å²) in [7, 11) is 1.60. The zero-order valence-electron chi connectivity index (χ0n) is 14.8. The molecular formula is C18H24N2O4. The predicted molar refractivity (Wildman–Crippen MR) is 91.5 cm³/mol. The molecular weight excluding hydrogens is 308 g/mol. The van der Waals surface area contributed by atoms with E-state index in [0.29, 0.717) is 23.7 Å². The van der Waals surface area contributed by atoms with E-state index in [1.54, 1.807) is 37.4 Å². The van der Waals surface area contributed by atoms with Crippen molar-refractivity contribution in [2.75, 3.05) is 12.4 Å². The van der Waals surface area contributed by atoms with Gasteiger partial charge in [0.1, 0.15) is 17.3 Å². The number of amides is 1. The van der Waals surface area contributed by atoms with Crippen molar-refractivity contribution in [3.8, 4) is 11.5 Å². The van der Waals surface area contributed by atoms with E-state index < -0.39 is 6.10 Å². The fraction of sp³-hybridized carbons (Fsp3) is 0.444. The first-order valence-corrected chi connectivity index (χ1v) is 7.92. The number of methoxy groups -OCH3 is 1. The number of aromatic nitrogens is 1. The van der Waals surface area contributed by atoms with E-state index >= 15 is 0 Å². The summed E-state index contributed by atoms with van der Waals surface area (Å²) >= 11 is 0. The molecule has 6 heteroatoms. The number of carbonyl (C=O) groups excluding carboxylic acids is 1. The molecule has 0 aliphatic carbocycles. The minimum absolute atomic E-state index is 0.167. The maximum Gasteiger partial charge on any atom is 0.266 e. The first kappa shape index (κ1) is 17.8. The summed E-state index contributed by atoms with van der Waals surface area (Å²) in [5.41, 5.74) is -0.167. The molecule has 2 rings (SSSR count). The van der Waals surface area contributed by atoms with Gasteiger partial charge in [0.25, 0.3) is 5.91 Å². The topological polar surface area (TPSA) is 73.6 Å². The zero-order chi connectivity index (χ0) is 17.7. The molecule has 2 aromatic rings. The van der Waals surface area contributed by atoms with Crippen LogP contribution in [0.15, 0.2) is 34.9 Å². The Bertz CT molecular complexity index is 671. The van der Waals surface area contributed by atoms with Crippen LogP contribution in [0.5, 0.6) is 11.5 Å². The number of carbonyl (C=O) groups is 1. The maximum atomic E-state index is 12.4. The highest BCUT2D eigenvalue weighted by atomic mass is 16.5. The van der Waals surface area contributed by atoms with Crippen LogP contribution in [0, 0.1) is 0 Å². The van der Waals surface area contributed by atoms with Crippen LogP contribution in [0.3, 0.4) is 0 Å². The number of nitrogens with one attached hydrogen (secondary N) is 1. The fourth-order valence-electron chi connectivity index (χ4n) is 2.04. The molecule has 0 saturated carbocycles. The van der Waals surface area contributed by atoms with Gasteiger partial charge in [0.05, 0.1) is 7.11 Å². The molecule has 1 unspecified atom stereocenters. The molecule has 1 N–H and O–H groups in total. The SMILES string of the molecule is CCC(Oc1ccc(OC)cc1)C(=O)Nc1cc(C(C)(C)C)on1. The minimum atomic E-state index is -0.617. The molecule has 24 heavy (non-hydrogen) atoms. The second-order valence-corrected chi connectivity index (χ2v) is 6.51. The van der Waals surface area contributed by atoms with E-state index in [0.717, 1.165) is 5.75 Å². The third kappa shape index (κ3) is 4.50. The number of benzene rings is 1. The Labute approximate surface area is 142 Å². The van der Waals surface area contributed by atoms with E-state index in [1.165, 1.54) is 0 Å². The molecule has 1 atom stereocenters. The Morgan fingerprint density at radius 2 is 1.88 bits per heavy atom. The predicted octanol–water partition coefficient (Wildman–Crippen LogP) is 3.78. The maximum absolute atomic E-state index is 12.4. The highest BCUT2D eigenvalue weighted by Crippen LogP contribution is 2.25. The summed E-state index contributed by atoms with van der Waals surface area (Å²) < 4.78 is 16.1. The van der Waals surface area contributed by atoms with Crippen LogP contribution < -0.4 is 14.8 Å². The third-order valence-corrected chi connectivity index (χ3v) is 3.50. The Kier molecular flexibility index (Phi) is 5.49. The van der Waals surface area contributed by atoms with Crippen LogP contribution in [0.1, 0.15) is 39.9 Å². The summed E-state index contributed by atoms with van der Waals surface area (Å²) in [5.74, 6) is 2.18. The summed E-state index contributed by atoms with van der Waals surface area (Å²) in [6.45, 7) is 7.93. The second-order valence-electron chi connectivity index (χ2n) is 6.51. The first-order chi connectivity index (χ1) is 11.3. The van der Waals surface area contributed by atoms with Crippen molar-refractivity contribution in [1.29, 1.82) is 0 Å². The average molecular weight is 332 g/mol. The molecule has 0 saturated heterocycles. The molecule has 6 nitrogen and oxygen atoms in total. The van der Waals surface area contributed by atoms with Crippen molar-refractivity contribution in [3.05, 3.63) is 36.1 Å². The lowest BCUT2D eigenvalue weighted by atomic mass is 9.93. The van der Waals surface area contributed by atoms with Gasteiger partial charge in [-0.2, -0.15) is 0 Å². The van der Waals surface area contributed by atoms with Gasteiger partial charge in [0.15, 0.2) is 11.9 Å². The van der Waals surface area contributed by atoms with Gasteiger partial charge in [-0.3, -0.25) is 4.79 Å². The van der Waals surface area contributed by atoms with Gasteiger partial charge in [0, 0.05) is 11.5 Å². The van der Waals surface area contributed by atoms with E-state index in [2.05, 4.69) is 10.5 Å². The van der Waals surface area contributed by atoms with Gasteiger partial charge in [0.2, 0.25) is 0 Å². The number of hydrogen-bond acceptors (Lipinski definition) is 5. The largest absolute Gasteiger partial charge is 0.497 e. The molecule has 130 valence electrons. The Morgan fingerprint density at radius 1 is 1.25 bits per heavy atom. The highest BCUT2D eigenvalue weighted by molar-refractivity contribution is 5.93. The van der Waals surface area contributed by atoms with Crippen molar-refractivity contribution >= 4 is 11.7 Å². The number of nitrogens with zero attached hydrogens (tertiary/aromatic N) is 1. The molecule has 0 fully saturated rings. The van der Waals surface area contributed by atoms with Crippen LogP contribution in [0.4, 0.5) is 5.82 Å². The minimum Gasteiger partial charge on any atom is -0.497 e. The monoisotopic (exact) mass is 332 g/mol. The second kappa shape index (κ2) is 7.38. The molecule has 0 radical (unpaired) electrons. The number of anilines is 1. The van der Waals surface area contributed by atoms with Crippen molar-refractivity contribution < 1.29 is 18.8 Å². The average Bonchev–Trinajstić information content (AvgIpc) is 3.01. The van der Waals surface area contributed by atoms with Crippen molar-refractivity contribution in [2.45, 2.75) is 45.6 Å². The van der Waals surface area contributed by atoms with Crippen LogP contribution in [0.25, 0.3) is 0 Å². The van der Waals surface area contributed by atoms with Gasteiger partial charge in [-0.25, -0.2) is 0 Å². The van der Waals surface area contributed by atoms with Crippen molar-refractivity contribution in [2.24, 2.45) is 0 Å². The molecule has 0 aliphatic rings. The summed E-state index contributed by atoms with van der Waals surface area (Å²) in [4.78, 5) is 12.4. The Balaban J connectivity index is 2.01. The van der Waals surface area contributed by atoms with Gasteiger partial charge >= 0.3 is 0 Å². The lowest BCUT2D eigenvalue weighted by Crippen LogP contribution is -2.32. The molecule has 0 bridgehead atoms. The van der Waals surface area contributed by atoms with Gasteiger partial charge in [-0.15, -0.1) is 0 Å². The van der Waals surface area contributed by atoms with Gasteiger partial charge in [-0.05, 0) is 30.7 Å². The summed E-state index contributed by atoms with van der Waals surface area (Å²) in [5, 5.41) is 6.62. The van der Waals surface area contributed by atoms with E-state index in [4.69, 9.17) is 14.0 Å². The number of ether oxygens (including phenoxy) is 2. The lowest BCUT2D eigenvalue weighted by molar-refractivity contribution is -0.122. The number of rotatable bonds is 6. The van der Waals surface area contributed by atoms with E-state index in [9.17, 15) is 4.79 Å². The number of hydrogen-bond donors (Lipinski definition) is 1. The summed E-state index contributed by atoms with van der Waals surface area (Å²) in [6, 6.07) is 8.84. The first-order valence-electron chi connectivity index (χ1n) is 7.92.